The van der Waals surface area contributed by atoms with Gasteiger partial charge in [0.2, 0.25) is 0 Å². The van der Waals surface area contributed by atoms with Crippen molar-refractivity contribution in [2.75, 3.05) is 0 Å². The predicted molar refractivity (Wildman–Crippen MR) is 84.7 cm³/mol. The zero-order valence-corrected chi connectivity index (χ0v) is 13.0. The molecular formula is C17H21N3O. The van der Waals surface area contributed by atoms with Crippen LogP contribution in [-0.4, -0.2) is 20.1 Å². The summed E-state index contributed by atoms with van der Waals surface area (Å²) in [6.07, 6.45) is 2.90. The topological polar surface area (TPSA) is 50.9 Å². The van der Waals surface area contributed by atoms with Crippen LogP contribution in [0.3, 0.4) is 0 Å². The van der Waals surface area contributed by atoms with Crippen molar-refractivity contribution >= 4 is 16.7 Å². The Kier molecular flexibility index (Phi) is 3.12. The summed E-state index contributed by atoms with van der Waals surface area (Å²) < 4.78 is 0. The molecule has 1 aliphatic rings. The number of fused-ring (bicyclic) bond motifs is 1. The van der Waals surface area contributed by atoms with E-state index in [4.69, 9.17) is 0 Å². The maximum Gasteiger partial charge on any atom is 0.141 e. The molecule has 3 rings (SSSR count). The van der Waals surface area contributed by atoms with E-state index in [2.05, 4.69) is 37.0 Å². The van der Waals surface area contributed by atoms with Crippen molar-refractivity contribution in [3.8, 4) is 0 Å². The van der Waals surface area contributed by atoms with E-state index in [1.165, 1.54) is 0 Å². The van der Waals surface area contributed by atoms with Crippen LogP contribution in [0.4, 0.5) is 0 Å². The summed E-state index contributed by atoms with van der Waals surface area (Å²) in [5, 5.41) is 19.4. The number of allylic oxidation sites excluding steroid dienone is 3. The molecule has 0 aliphatic heterocycles. The first-order chi connectivity index (χ1) is 9.86. The van der Waals surface area contributed by atoms with Crippen LogP contribution in [0, 0.1) is 11.3 Å². The first kappa shape index (κ1) is 13.9. The normalized spacial score (nSPS) is 20.0. The predicted octanol–water partition coefficient (Wildman–Crippen LogP) is 4.17. The Morgan fingerprint density at radius 2 is 1.71 bits per heavy atom. The molecule has 21 heavy (non-hydrogen) atoms. The molecule has 0 saturated heterocycles. The minimum Gasteiger partial charge on any atom is -0.506 e. The van der Waals surface area contributed by atoms with Gasteiger partial charge in [0.1, 0.15) is 22.5 Å². The average Bonchev–Trinajstić information content (AvgIpc) is 2.84. The van der Waals surface area contributed by atoms with Crippen molar-refractivity contribution < 1.29 is 5.11 Å². The van der Waals surface area contributed by atoms with Crippen LogP contribution in [0.5, 0.6) is 0 Å². The summed E-state index contributed by atoms with van der Waals surface area (Å²) in [7, 11) is 0. The molecule has 110 valence electrons. The molecule has 2 aromatic rings. The Morgan fingerprint density at radius 3 is 2.24 bits per heavy atom. The van der Waals surface area contributed by atoms with Crippen LogP contribution in [0.2, 0.25) is 0 Å². The van der Waals surface area contributed by atoms with Gasteiger partial charge in [0.25, 0.3) is 0 Å². The van der Waals surface area contributed by atoms with Crippen LogP contribution in [0.1, 0.15) is 34.1 Å². The van der Waals surface area contributed by atoms with Gasteiger partial charge < -0.3 is 5.11 Å². The lowest BCUT2D eigenvalue weighted by atomic mass is 9.75. The first-order valence-electron chi connectivity index (χ1n) is 7.29. The van der Waals surface area contributed by atoms with Gasteiger partial charge in [-0.25, -0.2) is 0 Å². The minimum atomic E-state index is 0.139. The van der Waals surface area contributed by atoms with Gasteiger partial charge in [0.05, 0.1) is 0 Å². The molecule has 0 fully saturated rings. The molecule has 0 saturated carbocycles. The smallest absolute Gasteiger partial charge is 0.141 e. The standard InChI is InChI=1S/C17H21N3O/c1-11-9-12(17(2,3)4)10-15(16(11)21)20-18-13-7-5-6-8-14(13)19-20/h5-9,12,21H,10H2,1-4H3. The maximum atomic E-state index is 10.4. The third-order valence-corrected chi connectivity index (χ3v) is 4.15. The van der Waals surface area contributed by atoms with Crippen LogP contribution >= 0.6 is 0 Å². The minimum absolute atomic E-state index is 0.139. The number of nitrogens with zero attached hydrogens (tertiary/aromatic N) is 3. The molecule has 4 nitrogen and oxygen atoms in total. The van der Waals surface area contributed by atoms with Crippen LogP contribution in [-0.2, 0) is 0 Å². The van der Waals surface area contributed by atoms with Gasteiger partial charge in [-0.3, -0.25) is 0 Å². The molecule has 1 unspecified atom stereocenters. The third-order valence-electron chi connectivity index (χ3n) is 4.15. The highest BCUT2D eigenvalue weighted by Crippen LogP contribution is 2.39. The highest BCUT2D eigenvalue weighted by molar-refractivity contribution is 5.74. The summed E-state index contributed by atoms with van der Waals surface area (Å²) in [4.78, 5) is 1.59. The van der Waals surface area contributed by atoms with Crippen LogP contribution in [0.15, 0.2) is 41.7 Å². The highest BCUT2D eigenvalue weighted by atomic mass is 16.3. The Bertz CT molecular complexity index is 714. The second kappa shape index (κ2) is 4.72. The first-order valence-corrected chi connectivity index (χ1v) is 7.29. The molecular weight excluding hydrogens is 262 g/mol. The molecule has 0 amide bonds. The number of benzene rings is 1. The lowest BCUT2D eigenvalue weighted by Gasteiger charge is -2.32. The van der Waals surface area contributed by atoms with Crippen molar-refractivity contribution in [1.29, 1.82) is 0 Å². The Balaban J connectivity index is 2.07. The lowest BCUT2D eigenvalue weighted by molar-refractivity contribution is 0.283. The fourth-order valence-corrected chi connectivity index (χ4v) is 2.69. The second-order valence-corrected chi connectivity index (χ2v) is 6.80. The average molecular weight is 283 g/mol. The molecule has 0 spiro atoms. The van der Waals surface area contributed by atoms with E-state index in [0.717, 1.165) is 28.7 Å². The van der Waals surface area contributed by atoms with Crippen LogP contribution in [0.25, 0.3) is 16.7 Å². The lowest BCUT2D eigenvalue weighted by Crippen LogP contribution is -2.24. The monoisotopic (exact) mass is 283 g/mol. The molecule has 1 aromatic heterocycles. The molecule has 4 heteroatoms. The summed E-state index contributed by atoms with van der Waals surface area (Å²) >= 11 is 0. The van der Waals surface area contributed by atoms with Gasteiger partial charge in [-0.1, -0.05) is 39.0 Å². The van der Waals surface area contributed by atoms with Gasteiger partial charge in [-0.15, -0.1) is 10.2 Å². The van der Waals surface area contributed by atoms with Gasteiger partial charge >= 0.3 is 0 Å². The quantitative estimate of drug-likeness (QED) is 0.854. The molecule has 0 bridgehead atoms. The van der Waals surface area contributed by atoms with E-state index in [0.29, 0.717) is 11.7 Å². The van der Waals surface area contributed by atoms with E-state index in [9.17, 15) is 5.11 Å². The number of aliphatic hydroxyl groups is 1. The summed E-state index contributed by atoms with van der Waals surface area (Å²) in [6.45, 7) is 8.59. The SMILES string of the molecule is CC1=CC(C(C)(C)C)CC(n2nc3ccccc3n2)=C1O. The van der Waals surface area contributed by atoms with E-state index in [1.54, 1.807) is 4.80 Å². The number of aliphatic hydroxyl groups excluding tert-OH is 1. The summed E-state index contributed by atoms with van der Waals surface area (Å²) in [6, 6.07) is 7.76. The largest absolute Gasteiger partial charge is 0.506 e. The molecule has 1 atom stereocenters. The summed E-state index contributed by atoms with van der Waals surface area (Å²) in [5.41, 5.74) is 3.51. The van der Waals surface area contributed by atoms with Crippen molar-refractivity contribution in [3.63, 3.8) is 0 Å². The number of hydrogen-bond donors (Lipinski definition) is 1. The fourth-order valence-electron chi connectivity index (χ4n) is 2.69. The van der Waals surface area contributed by atoms with Gasteiger partial charge in [-0.05, 0) is 36.0 Å². The summed E-state index contributed by atoms with van der Waals surface area (Å²) in [5.74, 6) is 0.660. The van der Waals surface area contributed by atoms with Crippen molar-refractivity contribution in [3.05, 3.63) is 41.7 Å². The van der Waals surface area contributed by atoms with Gasteiger partial charge in [0.15, 0.2) is 0 Å². The highest BCUT2D eigenvalue weighted by Gasteiger charge is 2.30. The van der Waals surface area contributed by atoms with E-state index in [1.807, 2.05) is 31.2 Å². The number of rotatable bonds is 1. The Hall–Kier alpha value is -2.10. The Labute approximate surface area is 124 Å². The van der Waals surface area contributed by atoms with Crippen molar-refractivity contribution in [2.24, 2.45) is 11.3 Å². The molecule has 0 radical (unpaired) electrons. The zero-order valence-electron chi connectivity index (χ0n) is 13.0. The van der Waals surface area contributed by atoms with Gasteiger partial charge in [0, 0.05) is 6.42 Å². The number of aromatic nitrogens is 3. The number of hydrogen-bond acceptors (Lipinski definition) is 3. The molecule has 1 heterocycles. The second-order valence-electron chi connectivity index (χ2n) is 6.80. The fraction of sp³-hybridized carbons (Fsp3) is 0.412. The maximum absolute atomic E-state index is 10.4. The molecule has 1 N–H and O–H groups in total. The van der Waals surface area contributed by atoms with Crippen LogP contribution < -0.4 is 0 Å². The third kappa shape index (κ3) is 2.46. The molecule has 1 aliphatic carbocycles. The van der Waals surface area contributed by atoms with E-state index in [-0.39, 0.29) is 5.41 Å². The Morgan fingerprint density at radius 1 is 1.14 bits per heavy atom. The molecule has 1 aromatic carbocycles. The van der Waals surface area contributed by atoms with Crippen molar-refractivity contribution in [1.82, 2.24) is 15.0 Å². The zero-order chi connectivity index (χ0) is 15.2. The van der Waals surface area contributed by atoms with Gasteiger partial charge in [-0.2, -0.15) is 4.80 Å². The van der Waals surface area contributed by atoms with E-state index >= 15 is 0 Å². The van der Waals surface area contributed by atoms with Crippen molar-refractivity contribution in [2.45, 2.75) is 34.1 Å². The van der Waals surface area contributed by atoms with E-state index < -0.39 is 0 Å².